The first-order chi connectivity index (χ1) is 14.8. The Labute approximate surface area is 180 Å². The standard InChI is InChI=1S/C21H25FN4O4S/c1-15(20(27)24-14-18-4-2-3-11-23-18)25-21(28)16-9-12-26(13-10-16)31(29,30)19-7-5-17(22)6-8-19/h2-8,11,15-16H,9-10,12-14H2,1H3,(H,24,27)(H,25,28). The van der Waals surface area contributed by atoms with Gasteiger partial charge in [0.15, 0.2) is 0 Å². The topological polar surface area (TPSA) is 108 Å². The molecular weight excluding hydrogens is 423 g/mol. The molecule has 0 radical (unpaired) electrons. The molecule has 1 atom stereocenters. The number of pyridine rings is 1. The molecule has 3 rings (SSSR count). The summed E-state index contributed by atoms with van der Waals surface area (Å²) in [7, 11) is -3.73. The summed E-state index contributed by atoms with van der Waals surface area (Å²) < 4.78 is 39.7. The molecule has 0 bridgehead atoms. The molecule has 2 heterocycles. The lowest BCUT2D eigenvalue weighted by atomic mass is 9.97. The van der Waals surface area contributed by atoms with E-state index in [0.717, 1.165) is 12.1 Å². The first kappa shape index (κ1) is 22.8. The average Bonchev–Trinajstić information content (AvgIpc) is 2.78. The Morgan fingerprint density at radius 3 is 2.45 bits per heavy atom. The molecule has 10 heteroatoms. The highest BCUT2D eigenvalue weighted by atomic mass is 32.2. The van der Waals surface area contributed by atoms with Crippen LogP contribution in [0.1, 0.15) is 25.5 Å². The van der Waals surface area contributed by atoms with Crippen molar-refractivity contribution in [3.05, 3.63) is 60.2 Å². The molecule has 8 nitrogen and oxygen atoms in total. The van der Waals surface area contributed by atoms with Crippen molar-refractivity contribution in [2.45, 2.75) is 37.2 Å². The molecule has 0 aliphatic carbocycles. The molecule has 1 saturated heterocycles. The molecule has 1 fully saturated rings. The number of benzene rings is 1. The smallest absolute Gasteiger partial charge is 0.243 e. The van der Waals surface area contributed by atoms with Crippen LogP contribution in [0.25, 0.3) is 0 Å². The number of hydrogen-bond donors (Lipinski definition) is 2. The number of nitrogens with one attached hydrogen (secondary N) is 2. The second-order valence-electron chi connectivity index (χ2n) is 7.40. The summed E-state index contributed by atoms with van der Waals surface area (Å²) in [6.07, 6.45) is 2.32. The lowest BCUT2D eigenvalue weighted by Gasteiger charge is -2.31. The van der Waals surface area contributed by atoms with Crippen LogP contribution in [0.2, 0.25) is 0 Å². The number of carbonyl (C=O) groups excluding carboxylic acids is 2. The van der Waals surface area contributed by atoms with Crippen LogP contribution < -0.4 is 10.6 Å². The number of hydrogen-bond acceptors (Lipinski definition) is 5. The summed E-state index contributed by atoms with van der Waals surface area (Å²) in [5.74, 6) is -1.49. The molecule has 1 aliphatic heterocycles. The van der Waals surface area contributed by atoms with E-state index in [2.05, 4.69) is 15.6 Å². The van der Waals surface area contributed by atoms with Gasteiger partial charge in [-0.05, 0) is 56.2 Å². The van der Waals surface area contributed by atoms with E-state index < -0.39 is 21.9 Å². The predicted octanol–water partition coefficient (Wildman–Crippen LogP) is 1.44. The summed E-state index contributed by atoms with van der Waals surface area (Å²) in [6, 6.07) is 9.34. The molecule has 1 aliphatic rings. The monoisotopic (exact) mass is 448 g/mol. The van der Waals surface area contributed by atoms with E-state index in [4.69, 9.17) is 0 Å². The van der Waals surface area contributed by atoms with Gasteiger partial charge in [-0.2, -0.15) is 4.31 Å². The van der Waals surface area contributed by atoms with Gasteiger partial charge in [-0.3, -0.25) is 14.6 Å². The molecular formula is C21H25FN4O4S. The number of carbonyl (C=O) groups is 2. The van der Waals surface area contributed by atoms with Crippen LogP contribution in [0.3, 0.4) is 0 Å². The van der Waals surface area contributed by atoms with Gasteiger partial charge in [-0.1, -0.05) is 6.07 Å². The van der Waals surface area contributed by atoms with E-state index in [9.17, 15) is 22.4 Å². The molecule has 31 heavy (non-hydrogen) atoms. The van der Waals surface area contributed by atoms with Crippen LogP contribution in [0.15, 0.2) is 53.6 Å². The van der Waals surface area contributed by atoms with Crippen LogP contribution in [0, 0.1) is 11.7 Å². The Hall–Kier alpha value is -2.85. The fourth-order valence-corrected chi connectivity index (χ4v) is 4.81. The maximum absolute atomic E-state index is 13.1. The zero-order valence-electron chi connectivity index (χ0n) is 17.1. The molecule has 1 aromatic heterocycles. The van der Waals surface area contributed by atoms with Gasteiger partial charge in [0.05, 0.1) is 17.1 Å². The number of aromatic nitrogens is 1. The van der Waals surface area contributed by atoms with Gasteiger partial charge < -0.3 is 10.6 Å². The second kappa shape index (κ2) is 9.97. The van der Waals surface area contributed by atoms with Crippen LogP contribution in [-0.4, -0.2) is 48.7 Å². The van der Waals surface area contributed by atoms with Gasteiger partial charge in [0, 0.05) is 25.2 Å². The molecule has 166 valence electrons. The zero-order chi connectivity index (χ0) is 22.4. The summed E-state index contributed by atoms with van der Waals surface area (Å²) in [5, 5.41) is 5.42. The molecule has 0 saturated carbocycles. The quantitative estimate of drug-likeness (QED) is 0.666. The van der Waals surface area contributed by atoms with Crippen molar-refractivity contribution in [2.24, 2.45) is 5.92 Å². The minimum Gasteiger partial charge on any atom is -0.349 e. The highest BCUT2D eigenvalue weighted by Crippen LogP contribution is 2.24. The number of piperidine rings is 1. The van der Waals surface area contributed by atoms with Crippen molar-refractivity contribution in [1.82, 2.24) is 19.9 Å². The maximum Gasteiger partial charge on any atom is 0.243 e. The minimum absolute atomic E-state index is 0.0231. The molecule has 2 N–H and O–H groups in total. The normalized spacial score (nSPS) is 16.5. The second-order valence-corrected chi connectivity index (χ2v) is 9.34. The molecule has 2 amide bonds. The first-order valence-electron chi connectivity index (χ1n) is 10.0. The highest BCUT2D eigenvalue weighted by Gasteiger charge is 2.32. The van der Waals surface area contributed by atoms with Gasteiger partial charge >= 0.3 is 0 Å². The van der Waals surface area contributed by atoms with Gasteiger partial charge in [0.25, 0.3) is 0 Å². The van der Waals surface area contributed by atoms with Crippen LogP contribution in [-0.2, 0) is 26.2 Å². The lowest BCUT2D eigenvalue weighted by Crippen LogP contribution is -2.49. The SMILES string of the molecule is CC(NC(=O)C1CCN(S(=O)(=O)c2ccc(F)cc2)CC1)C(=O)NCc1ccccn1. The van der Waals surface area contributed by atoms with E-state index in [1.165, 1.54) is 16.4 Å². The fraction of sp³-hybridized carbons (Fsp3) is 0.381. The average molecular weight is 449 g/mol. The Balaban J connectivity index is 1.48. The van der Waals surface area contributed by atoms with Crippen LogP contribution >= 0.6 is 0 Å². The Morgan fingerprint density at radius 2 is 1.84 bits per heavy atom. The lowest BCUT2D eigenvalue weighted by molar-refractivity contribution is -0.131. The molecule has 1 aromatic carbocycles. The largest absolute Gasteiger partial charge is 0.349 e. The van der Waals surface area contributed by atoms with Crippen molar-refractivity contribution >= 4 is 21.8 Å². The summed E-state index contributed by atoms with van der Waals surface area (Å²) in [4.78, 5) is 28.9. The predicted molar refractivity (Wildman–Crippen MR) is 112 cm³/mol. The van der Waals surface area contributed by atoms with Crippen molar-refractivity contribution < 1.29 is 22.4 Å². The highest BCUT2D eigenvalue weighted by molar-refractivity contribution is 7.89. The summed E-state index contributed by atoms with van der Waals surface area (Å²) in [5.41, 5.74) is 0.712. The van der Waals surface area contributed by atoms with Crippen molar-refractivity contribution in [2.75, 3.05) is 13.1 Å². The molecule has 0 spiro atoms. The number of amides is 2. The molecule has 1 unspecified atom stereocenters. The summed E-state index contributed by atoms with van der Waals surface area (Å²) >= 11 is 0. The summed E-state index contributed by atoms with van der Waals surface area (Å²) in [6.45, 7) is 2.22. The Kier molecular flexibility index (Phi) is 7.34. The maximum atomic E-state index is 13.1. The number of halogens is 1. The van der Waals surface area contributed by atoms with Gasteiger partial charge in [0.1, 0.15) is 11.9 Å². The third kappa shape index (κ3) is 5.86. The van der Waals surface area contributed by atoms with E-state index >= 15 is 0 Å². The van der Waals surface area contributed by atoms with E-state index in [-0.39, 0.29) is 42.3 Å². The van der Waals surface area contributed by atoms with E-state index in [1.807, 2.05) is 6.07 Å². The van der Waals surface area contributed by atoms with Crippen molar-refractivity contribution in [3.63, 3.8) is 0 Å². The van der Waals surface area contributed by atoms with E-state index in [1.54, 1.807) is 25.3 Å². The number of rotatable bonds is 7. The van der Waals surface area contributed by atoms with E-state index in [0.29, 0.717) is 18.5 Å². The first-order valence-corrected chi connectivity index (χ1v) is 11.4. The Bertz CT molecular complexity index is 1010. The number of nitrogens with zero attached hydrogens (tertiary/aromatic N) is 2. The number of sulfonamides is 1. The van der Waals surface area contributed by atoms with Gasteiger partial charge in [0.2, 0.25) is 21.8 Å². The Morgan fingerprint density at radius 1 is 1.16 bits per heavy atom. The minimum atomic E-state index is -3.73. The van der Waals surface area contributed by atoms with Gasteiger partial charge in [-0.25, -0.2) is 12.8 Å². The molecule has 2 aromatic rings. The van der Waals surface area contributed by atoms with Crippen LogP contribution in [0.5, 0.6) is 0 Å². The van der Waals surface area contributed by atoms with Gasteiger partial charge in [-0.15, -0.1) is 0 Å². The van der Waals surface area contributed by atoms with Crippen LogP contribution in [0.4, 0.5) is 4.39 Å². The zero-order valence-corrected chi connectivity index (χ0v) is 17.9. The third-order valence-electron chi connectivity index (χ3n) is 5.20. The van der Waals surface area contributed by atoms with Crippen molar-refractivity contribution in [1.29, 1.82) is 0 Å². The third-order valence-corrected chi connectivity index (χ3v) is 7.11. The fourth-order valence-electron chi connectivity index (χ4n) is 3.34. The van der Waals surface area contributed by atoms with Crippen molar-refractivity contribution in [3.8, 4) is 0 Å².